The molecule has 4 atom stereocenters. The van der Waals surface area contributed by atoms with Crippen molar-refractivity contribution < 1.29 is 34.2 Å². The summed E-state index contributed by atoms with van der Waals surface area (Å²) in [6, 6.07) is -5.03. The first-order chi connectivity index (χ1) is 13.5. The summed E-state index contributed by atoms with van der Waals surface area (Å²) in [5, 5.41) is 25.2. The number of carbonyl (C=O) groups is 5. The van der Waals surface area contributed by atoms with E-state index in [1.165, 1.54) is 6.92 Å². The van der Waals surface area contributed by atoms with Gasteiger partial charge in [-0.05, 0) is 32.7 Å². The molecular formula is C16H30N6O7. The molecule has 4 amide bonds. The number of aliphatic carboxylic acids is 1. The van der Waals surface area contributed by atoms with E-state index >= 15 is 0 Å². The number of nitrogens with one attached hydrogen (secondary N) is 3. The molecule has 0 aromatic rings. The molecule has 0 rings (SSSR count). The Labute approximate surface area is 167 Å². The van der Waals surface area contributed by atoms with Gasteiger partial charge in [0.25, 0.3) is 0 Å². The zero-order valence-electron chi connectivity index (χ0n) is 16.2. The van der Waals surface area contributed by atoms with Crippen LogP contribution >= 0.6 is 0 Å². The van der Waals surface area contributed by atoms with Gasteiger partial charge in [-0.25, -0.2) is 4.79 Å². The highest BCUT2D eigenvalue weighted by atomic mass is 16.4. The maximum atomic E-state index is 12.2. The number of aliphatic hydroxyl groups is 1. The summed E-state index contributed by atoms with van der Waals surface area (Å²) in [5.41, 5.74) is 15.7. The van der Waals surface area contributed by atoms with E-state index in [-0.39, 0.29) is 6.42 Å². The molecule has 166 valence electrons. The predicted molar refractivity (Wildman–Crippen MR) is 101 cm³/mol. The van der Waals surface area contributed by atoms with Crippen LogP contribution in [0.5, 0.6) is 0 Å². The van der Waals surface area contributed by atoms with Crippen LogP contribution in [0.4, 0.5) is 0 Å². The number of carboxylic acids is 1. The maximum Gasteiger partial charge on any atom is 0.326 e. The predicted octanol–water partition coefficient (Wildman–Crippen LogP) is -4.13. The van der Waals surface area contributed by atoms with Gasteiger partial charge in [0.1, 0.15) is 18.1 Å². The lowest BCUT2D eigenvalue weighted by molar-refractivity contribution is -0.142. The Balaban J connectivity index is 4.78. The van der Waals surface area contributed by atoms with E-state index in [1.807, 2.05) is 0 Å². The average Bonchev–Trinajstić information content (AvgIpc) is 2.63. The summed E-state index contributed by atoms with van der Waals surface area (Å²) in [5.74, 6) is -4.58. The van der Waals surface area contributed by atoms with Gasteiger partial charge in [0.05, 0.1) is 19.1 Å². The van der Waals surface area contributed by atoms with Crippen LogP contribution in [0.1, 0.15) is 32.6 Å². The van der Waals surface area contributed by atoms with Crippen molar-refractivity contribution >= 4 is 29.6 Å². The molecule has 13 heteroatoms. The van der Waals surface area contributed by atoms with Crippen molar-refractivity contribution in [2.75, 3.05) is 13.2 Å². The molecule has 29 heavy (non-hydrogen) atoms. The number of carbonyl (C=O) groups excluding carboxylic acids is 4. The number of hydrogen-bond donors (Lipinski definition) is 8. The Morgan fingerprint density at radius 2 is 1.52 bits per heavy atom. The van der Waals surface area contributed by atoms with Gasteiger partial charge in [-0.1, -0.05) is 0 Å². The van der Waals surface area contributed by atoms with E-state index in [4.69, 9.17) is 17.2 Å². The normalized spacial score (nSPS) is 14.8. The second-order valence-electron chi connectivity index (χ2n) is 6.43. The van der Waals surface area contributed by atoms with Crippen molar-refractivity contribution in [2.24, 2.45) is 17.2 Å². The molecule has 0 saturated heterocycles. The number of amides is 4. The summed E-state index contributed by atoms with van der Waals surface area (Å²) in [6.07, 6.45) is 0.768. The standard InChI is InChI=1S/C16H30N6O7/c1-8(20-14(26)9(18)6-12(19)24)13(25)22-11(7-23)15(27)21-10(16(28)29)4-2-3-5-17/h8-11,23H,2-7,17-18H2,1H3,(H2,19,24)(H,20,26)(H,21,27)(H,22,25)(H,28,29). The van der Waals surface area contributed by atoms with Gasteiger partial charge in [-0.15, -0.1) is 0 Å². The van der Waals surface area contributed by atoms with E-state index in [1.54, 1.807) is 0 Å². The zero-order chi connectivity index (χ0) is 22.6. The zero-order valence-corrected chi connectivity index (χ0v) is 16.2. The topological polar surface area (TPSA) is 240 Å². The van der Waals surface area contributed by atoms with Crippen LogP contribution in [0.15, 0.2) is 0 Å². The lowest BCUT2D eigenvalue weighted by Crippen LogP contribution is -2.57. The number of rotatable bonds is 14. The molecule has 0 fully saturated rings. The van der Waals surface area contributed by atoms with Crippen molar-refractivity contribution in [1.29, 1.82) is 0 Å². The van der Waals surface area contributed by atoms with Gasteiger partial charge in [-0.2, -0.15) is 0 Å². The monoisotopic (exact) mass is 418 g/mol. The Hall–Kier alpha value is -2.77. The number of aliphatic hydroxyl groups excluding tert-OH is 1. The molecule has 0 radical (unpaired) electrons. The second kappa shape index (κ2) is 13.4. The quantitative estimate of drug-likeness (QED) is 0.128. The van der Waals surface area contributed by atoms with Crippen molar-refractivity contribution in [2.45, 2.75) is 56.8 Å². The maximum absolute atomic E-state index is 12.2. The number of unbranched alkanes of at least 4 members (excludes halogenated alkanes) is 1. The number of hydrogen-bond acceptors (Lipinski definition) is 8. The van der Waals surface area contributed by atoms with Crippen LogP contribution in [-0.4, -0.2) is 77.1 Å². The number of nitrogens with two attached hydrogens (primary N) is 3. The second-order valence-corrected chi connectivity index (χ2v) is 6.43. The van der Waals surface area contributed by atoms with Crippen LogP contribution in [0.3, 0.4) is 0 Å². The van der Waals surface area contributed by atoms with Gasteiger partial charge in [0, 0.05) is 0 Å². The van der Waals surface area contributed by atoms with E-state index in [0.717, 1.165) is 0 Å². The Bertz CT molecular complexity index is 600. The van der Waals surface area contributed by atoms with Crippen LogP contribution in [0, 0.1) is 0 Å². The van der Waals surface area contributed by atoms with Gasteiger partial charge in [0.2, 0.25) is 23.6 Å². The molecule has 0 saturated carbocycles. The SMILES string of the molecule is CC(NC(=O)C(N)CC(N)=O)C(=O)NC(CO)C(=O)NC(CCCCN)C(=O)O. The summed E-state index contributed by atoms with van der Waals surface area (Å²) >= 11 is 0. The molecule has 0 aromatic carbocycles. The third-order valence-corrected chi connectivity index (χ3v) is 3.89. The van der Waals surface area contributed by atoms with Gasteiger partial charge < -0.3 is 43.4 Å². The number of primary amides is 1. The minimum atomic E-state index is -1.43. The fourth-order valence-electron chi connectivity index (χ4n) is 2.21. The van der Waals surface area contributed by atoms with Crippen molar-refractivity contribution in [3.8, 4) is 0 Å². The van der Waals surface area contributed by atoms with Gasteiger partial charge in [0.15, 0.2) is 0 Å². The van der Waals surface area contributed by atoms with Crippen LogP contribution in [0.25, 0.3) is 0 Å². The third kappa shape index (κ3) is 10.4. The molecule has 0 heterocycles. The third-order valence-electron chi connectivity index (χ3n) is 3.89. The van der Waals surface area contributed by atoms with E-state index in [0.29, 0.717) is 19.4 Å². The molecule has 0 bridgehead atoms. The van der Waals surface area contributed by atoms with Crippen LogP contribution in [0.2, 0.25) is 0 Å². The van der Waals surface area contributed by atoms with Gasteiger partial charge in [-0.3, -0.25) is 19.2 Å². The molecule has 0 spiro atoms. The van der Waals surface area contributed by atoms with Gasteiger partial charge >= 0.3 is 5.97 Å². The fourth-order valence-corrected chi connectivity index (χ4v) is 2.21. The Kier molecular flexibility index (Phi) is 12.1. The smallest absolute Gasteiger partial charge is 0.326 e. The van der Waals surface area contributed by atoms with E-state index in [9.17, 15) is 34.2 Å². The molecule has 0 aliphatic rings. The van der Waals surface area contributed by atoms with Crippen LogP contribution < -0.4 is 33.2 Å². The molecule has 11 N–H and O–H groups in total. The summed E-state index contributed by atoms with van der Waals surface area (Å²) in [4.78, 5) is 58.2. The fraction of sp³-hybridized carbons (Fsp3) is 0.688. The molecule has 0 aliphatic heterocycles. The van der Waals surface area contributed by atoms with E-state index < -0.39 is 66.8 Å². The lowest BCUT2D eigenvalue weighted by atomic mass is 10.1. The first-order valence-corrected chi connectivity index (χ1v) is 9.02. The molecular weight excluding hydrogens is 388 g/mol. The minimum absolute atomic E-state index is 0.134. The highest BCUT2D eigenvalue weighted by Crippen LogP contribution is 2.02. The first kappa shape index (κ1) is 26.2. The first-order valence-electron chi connectivity index (χ1n) is 9.02. The summed E-state index contributed by atoms with van der Waals surface area (Å²) in [7, 11) is 0. The van der Waals surface area contributed by atoms with E-state index in [2.05, 4.69) is 16.0 Å². The highest BCUT2D eigenvalue weighted by Gasteiger charge is 2.28. The van der Waals surface area contributed by atoms with Crippen molar-refractivity contribution in [1.82, 2.24) is 16.0 Å². The summed E-state index contributed by atoms with van der Waals surface area (Å²) < 4.78 is 0. The largest absolute Gasteiger partial charge is 0.480 e. The molecule has 13 nitrogen and oxygen atoms in total. The van der Waals surface area contributed by atoms with Crippen molar-refractivity contribution in [3.63, 3.8) is 0 Å². The van der Waals surface area contributed by atoms with Crippen molar-refractivity contribution in [3.05, 3.63) is 0 Å². The summed E-state index contributed by atoms with van der Waals surface area (Å²) in [6.45, 7) is 0.875. The molecule has 4 unspecified atom stereocenters. The molecule has 0 aliphatic carbocycles. The molecule has 0 aromatic heterocycles. The highest BCUT2D eigenvalue weighted by molar-refractivity contribution is 5.94. The minimum Gasteiger partial charge on any atom is -0.480 e. The average molecular weight is 418 g/mol. The Morgan fingerprint density at radius 1 is 0.931 bits per heavy atom. The number of carboxylic acid groups (broad SMARTS) is 1. The lowest BCUT2D eigenvalue weighted by Gasteiger charge is -2.22. The Morgan fingerprint density at radius 3 is 2.00 bits per heavy atom. The van der Waals surface area contributed by atoms with Crippen LogP contribution in [-0.2, 0) is 24.0 Å².